The number of anilines is 1. The summed E-state index contributed by atoms with van der Waals surface area (Å²) < 4.78 is 3.89. The number of rotatable bonds is 3. The third kappa shape index (κ3) is 3.04. The first-order valence-electron chi connectivity index (χ1n) is 6.48. The summed E-state index contributed by atoms with van der Waals surface area (Å²) in [6.45, 7) is 10.1. The highest BCUT2D eigenvalue weighted by Gasteiger charge is 2.26. The Kier molecular flexibility index (Phi) is 3.89. The van der Waals surface area contributed by atoms with Gasteiger partial charge in [-0.3, -0.25) is 9.89 Å². The smallest absolute Gasteiger partial charge is 0.270 e. The third-order valence-electron chi connectivity index (χ3n) is 2.87. The Morgan fingerprint density at radius 1 is 1.40 bits per heavy atom. The zero-order valence-corrected chi connectivity index (χ0v) is 13.1. The Morgan fingerprint density at radius 3 is 2.65 bits per heavy atom. The molecule has 2 heterocycles. The van der Waals surface area contributed by atoms with E-state index in [0.29, 0.717) is 22.3 Å². The Hall–Kier alpha value is -1.76. The molecule has 2 N–H and O–H groups in total. The summed E-state index contributed by atoms with van der Waals surface area (Å²) in [5.41, 5.74) is 1.48. The molecule has 0 saturated carbocycles. The van der Waals surface area contributed by atoms with Crippen molar-refractivity contribution in [3.8, 4) is 0 Å². The fraction of sp³-hybridized carbons (Fsp3) is 0.538. The zero-order chi connectivity index (χ0) is 14.9. The van der Waals surface area contributed by atoms with Gasteiger partial charge in [0.1, 0.15) is 4.88 Å². The van der Waals surface area contributed by atoms with Gasteiger partial charge in [0.15, 0.2) is 5.82 Å². The number of amides is 1. The van der Waals surface area contributed by atoms with E-state index in [1.807, 2.05) is 26.8 Å². The van der Waals surface area contributed by atoms with Crippen molar-refractivity contribution in [1.82, 2.24) is 19.8 Å². The van der Waals surface area contributed by atoms with Crippen molar-refractivity contribution < 1.29 is 4.79 Å². The van der Waals surface area contributed by atoms with E-state index in [9.17, 15) is 4.79 Å². The molecule has 7 heteroatoms. The molecule has 0 aliphatic rings. The highest BCUT2D eigenvalue weighted by molar-refractivity contribution is 7.08. The lowest BCUT2D eigenvalue weighted by Crippen LogP contribution is -2.20. The van der Waals surface area contributed by atoms with Gasteiger partial charge in [0.2, 0.25) is 0 Å². The largest absolute Gasteiger partial charge is 0.304 e. The molecule has 2 aromatic heterocycles. The molecule has 0 fully saturated rings. The fourth-order valence-electron chi connectivity index (χ4n) is 1.70. The topological polar surface area (TPSA) is 83.6 Å². The molecule has 2 rings (SSSR count). The maximum atomic E-state index is 12.3. The van der Waals surface area contributed by atoms with Crippen LogP contribution in [-0.2, 0) is 5.41 Å². The van der Waals surface area contributed by atoms with E-state index >= 15 is 0 Å². The zero-order valence-electron chi connectivity index (χ0n) is 12.3. The SMILES string of the molecule is CC(C)c1cc(NC(=O)c2snnc2C(C)(C)C)n[nH]1. The highest BCUT2D eigenvalue weighted by Crippen LogP contribution is 2.26. The maximum absolute atomic E-state index is 12.3. The molecular formula is C13H19N5OS. The minimum atomic E-state index is -0.216. The first-order chi connectivity index (χ1) is 9.29. The summed E-state index contributed by atoms with van der Waals surface area (Å²) >= 11 is 1.11. The fourth-order valence-corrected chi connectivity index (χ4v) is 2.47. The summed E-state index contributed by atoms with van der Waals surface area (Å²) in [6, 6.07) is 1.84. The van der Waals surface area contributed by atoms with Crippen molar-refractivity contribution >= 4 is 23.3 Å². The predicted octanol–water partition coefficient (Wildman–Crippen LogP) is 2.93. The van der Waals surface area contributed by atoms with Gasteiger partial charge in [-0.05, 0) is 17.5 Å². The van der Waals surface area contributed by atoms with Crippen molar-refractivity contribution in [2.75, 3.05) is 5.32 Å². The van der Waals surface area contributed by atoms with Crippen LogP contribution < -0.4 is 5.32 Å². The quantitative estimate of drug-likeness (QED) is 0.911. The van der Waals surface area contributed by atoms with E-state index in [2.05, 4.69) is 38.9 Å². The monoisotopic (exact) mass is 293 g/mol. The van der Waals surface area contributed by atoms with Crippen LogP contribution in [0.1, 0.15) is 61.6 Å². The number of H-pyrrole nitrogens is 1. The first kappa shape index (κ1) is 14.6. The normalized spacial score (nSPS) is 11.9. The molecule has 0 saturated heterocycles. The van der Waals surface area contributed by atoms with Gasteiger partial charge in [-0.25, -0.2) is 0 Å². The average Bonchev–Trinajstić information content (AvgIpc) is 2.95. The second-order valence-corrected chi connectivity index (χ2v) is 6.77. The third-order valence-corrected chi connectivity index (χ3v) is 3.59. The Balaban J connectivity index is 2.18. The van der Waals surface area contributed by atoms with E-state index < -0.39 is 0 Å². The van der Waals surface area contributed by atoms with Gasteiger partial charge in [0, 0.05) is 17.2 Å². The summed E-state index contributed by atoms with van der Waals surface area (Å²) in [7, 11) is 0. The number of nitrogens with zero attached hydrogens (tertiary/aromatic N) is 3. The number of aromatic amines is 1. The molecule has 20 heavy (non-hydrogen) atoms. The highest BCUT2D eigenvalue weighted by atomic mass is 32.1. The van der Waals surface area contributed by atoms with Gasteiger partial charge in [-0.2, -0.15) is 5.10 Å². The van der Waals surface area contributed by atoms with Gasteiger partial charge < -0.3 is 5.32 Å². The molecule has 108 valence electrons. The van der Waals surface area contributed by atoms with E-state index in [0.717, 1.165) is 17.2 Å². The number of hydrogen-bond acceptors (Lipinski definition) is 5. The lowest BCUT2D eigenvalue weighted by molar-refractivity contribution is 0.102. The van der Waals surface area contributed by atoms with E-state index in [1.165, 1.54) is 0 Å². The average molecular weight is 293 g/mol. The first-order valence-corrected chi connectivity index (χ1v) is 7.26. The second-order valence-electron chi connectivity index (χ2n) is 6.02. The molecular weight excluding hydrogens is 274 g/mol. The van der Waals surface area contributed by atoms with Gasteiger partial charge in [0.05, 0.1) is 5.69 Å². The Labute approximate surface area is 122 Å². The molecule has 0 aliphatic heterocycles. The van der Waals surface area contributed by atoms with E-state index in [4.69, 9.17) is 0 Å². The van der Waals surface area contributed by atoms with Gasteiger partial charge in [-0.1, -0.05) is 39.1 Å². The summed E-state index contributed by atoms with van der Waals surface area (Å²) in [5, 5.41) is 13.8. The molecule has 0 atom stereocenters. The van der Waals surface area contributed by atoms with Crippen LogP contribution in [0.15, 0.2) is 6.07 Å². The van der Waals surface area contributed by atoms with Crippen LogP contribution in [0.3, 0.4) is 0 Å². The maximum Gasteiger partial charge on any atom is 0.270 e. The Bertz CT molecular complexity index is 608. The van der Waals surface area contributed by atoms with Gasteiger partial charge in [-0.15, -0.1) is 5.10 Å². The minimum Gasteiger partial charge on any atom is -0.304 e. The Morgan fingerprint density at radius 2 is 2.10 bits per heavy atom. The molecule has 6 nitrogen and oxygen atoms in total. The number of aromatic nitrogens is 4. The number of hydrogen-bond donors (Lipinski definition) is 2. The summed E-state index contributed by atoms with van der Waals surface area (Å²) in [6.07, 6.45) is 0. The van der Waals surface area contributed by atoms with Crippen molar-refractivity contribution in [1.29, 1.82) is 0 Å². The number of carbonyl (C=O) groups excluding carboxylic acids is 1. The molecule has 2 aromatic rings. The van der Waals surface area contributed by atoms with Crippen LogP contribution in [0, 0.1) is 0 Å². The van der Waals surface area contributed by atoms with Crippen molar-refractivity contribution in [3.63, 3.8) is 0 Å². The minimum absolute atomic E-state index is 0.214. The van der Waals surface area contributed by atoms with Crippen LogP contribution in [0.5, 0.6) is 0 Å². The number of carbonyl (C=O) groups is 1. The molecule has 0 aliphatic carbocycles. The molecule has 0 bridgehead atoms. The lowest BCUT2D eigenvalue weighted by atomic mass is 9.91. The van der Waals surface area contributed by atoms with Crippen molar-refractivity contribution in [2.45, 2.75) is 46.0 Å². The van der Waals surface area contributed by atoms with Gasteiger partial charge in [0.25, 0.3) is 5.91 Å². The van der Waals surface area contributed by atoms with Crippen molar-refractivity contribution in [2.24, 2.45) is 0 Å². The summed E-state index contributed by atoms with van der Waals surface area (Å²) in [5.74, 6) is 0.641. The molecule has 0 aromatic carbocycles. The van der Waals surface area contributed by atoms with E-state index in [1.54, 1.807) is 0 Å². The van der Waals surface area contributed by atoms with Gasteiger partial charge >= 0.3 is 0 Å². The van der Waals surface area contributed by atoms with Crippen molar-refractivity contribution in [3.05, 3.63) is 22.3 Å². The summed E-state index contributed by atoms with van der Waals surface area (Å²) in [4.78, 5) is 12.8. The molecule has 0 unspecified atom stereocenters. The van der Waals surface area contributed by atoms with Crippen LogP contribution >= 0.6 is 11.5 Å². The molecule has 0 spiro atoms. The van der Waals surface area contributed by atoms with Crippen LogP contribution in [0.4, 0.5) is 5.82 Å². The lowest BCUT2D eigenvalue weighted by Gasteiger charge is -2.15. The van der Waals surface area contributed by atoms with E-state index in [-0.39, 0.29) is 11.3 Å². The van der Waals surface area contributed by atoms with Crippen LogP contribution in [0.25, 0.3) is 0 Å². The van der Waals surface area contributed by atoms with Crippen LogP contribution in [0.2, 0.25) is 0 Å². The standard InChI is InChI=1S/C13H19N5OS/c1-7(2)8-6-9(16-15-8)14-12(19)10-11(13(3,4)5)17-18-20-10/h6-7H,1-5H3,(H2,14,15,16,19). The molecule has 0 radical (unpaired) electrons. The molecule has 1 amide bonds. The second kappa shape index (κ2) is 5.32. The van der Waals surface area contributed by atoms with Crippen LogP contribution in [-0.4, -0.2) is 25.7 Å². The number of nitrogens with one attached hydrogen (secondary N) is 2. The predicted molar refractivity (Wildman–Crippen MR) is 79.2 cm³/mol.